The molecule has 0 radical (unpaired) electrons. The van der Waals surface area contributed by atoms with E-state index in [0.717, 1.165) is 6.42 Å². The number of ether oxygens (including phenoxy) is 1. The zero-order valence-electron chi connectivity index (χ0n) is 8.63. The van der Waals surface area contributed by atoms with Crippen molar-refractivity contribution in [1.29, 1.82) is 5.26 Å². The monoisotopic (exact) mass is 182 g/mol. The van der Waals surface area contributed by atoms with Gasteiger partial charge in [-0.25, -0.2) is 0 Å². The van der Waals surface area contributed by atoms with E-state index in [1.165, 1.54) is 12.8 Å². The van der Waals surface area contributed by atoms with E-state index in [-0.39, 0.29) is 11.6 Å². The van der Waals surface area contributed by atoms with Crippen LogP contribution in [-0.2, 0) is 4.74 Å². The van der Waals surface area contributed by atoms with E-state index in [4.69, 9.17) is 10.00 Å². The van der Waals surface area contributed by atoms with Gasteiger partial charge in [-0.05, 0) is 26.7 Å². The van der Waals surface area contributed by atoms with Gasteiger partial charge in [-0.3, -0.25) is 5.32 Å². The second-order valence-electron chi connectivity index (χ2n) is 4.29. The number of nitriles is 1. The Morgan fingerprint density at radius 3 is 2.62 bits per heavy atom. The predicted molar refractivity (Wildman–Crippen MR) is 51.3 cm³/mol. The normalized spacial score (nSPS) is 19.5. The lowest BCUT2D eigenvalue weighted by Gasteiger charge is -2.25. The first-order chi connectivity index (χ1) is 6.07. The second kappa shape index (κ2) is 4.08. The highest BCUT2D eigenvalue weighted by atomic mass is 16.5. The van der Waals surface area contributed by atoms with Gasteiger partial charge in [-0.15, -0.1) is 0 Å². The van der Waals surface area contributed by atoms with Crippen molar-refractivity contribution in [1.82, 2.24) is 5.32 Å². The van der Waals surface area contributed by atoms with Crippen LogP contribution < -0.4 is 5.32 Å². The lowest BCUT2D eigenvalue weighted by molar-refractivity contribution is 0.0111. The molecule has 1 unspecified atom stereocenters. The summed E-state index contributed by atoms with van der Waals surface area (Å²) >= 11 is 0. The van der Waals surface area contributed by atoms with Crippen LogP contribution in [0.2, 0.25) is 0 Å². The third-order valence-electron chi connectivity index (χ3n) is 2.42. The van der Waals surface area contributed by atoms with E-state index >= 15 is 0 Å². The van der Waals surface area contributed by atoms with E-state index in [1.54, 1.807) is 7.11 Å². The maximum Gasteiger partial charge on any atom is 0.0982 e. The molecule has 0 aromatic carbocycles. The molecule has 1 saturated carbocycles. The van der Waals surface area contributed by atoms with Crippen molar-refractivity contribution in [2.45, 2.75) is 50.8 Å². The van der Waals surface area contributed by atoms with Gasteiger partial charge >= 0.3 is 0 Å². The fourth-order valence-electron chi connectivity index (χ4n) is 1.25. The van der Waals surface area contributed by atoms with E-state index in [1.807, 2.05) is 13.8 Å². The molecule has 0 amide bonds. The summed E-state index contributed by atoms with van der Waals surface area (Å²) in [4.78, 5) is 0. The molecule has 0 aromatic rings. The second-order valence-corrected chi connectivity index (χ2v) is 4.29. The molecule has 1 rings (SSSR count). The number of rotatable bonds is 5. The van der Waals surface area contributed by atoms with Crippen molar-refractivity contribution in [3.05, 3.63) is 0 Å². The topological polar surface area (TPSA) is 45.0 Å². The van der Waals surface area contributed by atoms with E-state index in [2.05, 4.69) is 11.4 Å². The van der Waals surface area contributed by atoms with Crippen LogP contribution in [0.25, 0.3) is 0 Å². The minimum Gasteiger partial charge on any atom is -0.379 e. The molecule has 0 aliphatic heterocycles. The Hall–Kier alpha value is -0.590. The predicted octanol–water partition coefficient (Wildman–Crippen LogP) is 1.45. The molecule has 3 heteroatoms. The molecule has 3 nitrogen and oxygen atoms in total. The number of nitrogens with zero attached hydrogens (tertiary/aromatic N) is 1. The van der Waals surface area contributed by atoms with Gasteiger partial charge in [0.1, 0.15) is 0 Å². The Labute approximate surface area is 80.1 Å². The number of hydrogen-bond donors (Lipinski definition) is 1. The van der Waals surface area contributed by atoms with Crippen molar-refractivity contribution in [2.75, 3.05) is 7.11 Å². The van der Waals surface area contributed by atoms with Crippen molar-refractivity contribution < 1.29 is 4.74 Å². The largest absolute Gasteiger partial charge is 0.379 e. The molecular weight excluding hydrogens is 164 g/mol. The molecule has 1 aliphatic rings. The molecule has 0 heterocycles. The van der Waals surface area contributed by atoms with Crippen LogP contribution in [0.4, 0.5) is 0 Å². The summed E-state index contributed by atoms with van der Waals surface area (Å²) in [6, 6.07) is 2.79. The average Bonchev–Trinajstić information content (AvgIpc) is 2.87. The van der Waals surface area contributed by atoms with Gasteiger partial charge in [0, 0.05) is 19.6 Å². The van der Waals surface area contributed by atoms with Gasteiger partial charge in [0.2, 0.25) is 0 Å². The molecule has 1 fully saturated rings. The maximum atomic E-state index is 8.89. The van der Waals surface area contributed by atoms with Crippen molar-refractivity contribution in [3.63, 3.8) is 0 Å². The first kappa shape index (κ1) is 10.5. The highest BCUT2D eigenvalue weighted by molar-refractivity contribution is 4.98. The SMILES string of the molecule is COC(C)(C)CC(C#N)NC1CC1. The van der Waals surface area contributed by atoms with Gasteiger partial charge in [-0.2, -0.15) is 5.26 Å². The van der Waals surface area contributed by atoms with Crippen LogP contribution in [-0.4, -0.2) is 24.8 Å². The molecule has 1 N–H and O–H groups in total. The highest BCUT2D eigenvalue weighted by Crippen LogP contribution is 2.22. The summed E-state index contributed by atoms with van der Waals surface area (Å²) in [6.07, 6.45) is 3.17. The van der Waals surface area contributed by atoms with Crippen LogP contribution in [0, 0.1) is 11.3 Å². The quantitative estimate of drug-likeness (QED) is 0.700. The van der Waals surface area contributed by atoms with Gasteiger partial charge < -0.3 is 4.74 Å². The van der Waals surface area contributed by atoms with E-state index in [9.17, 15) is 0 Å². The summed E-state index contributed by atoms with van der Waals surface area (Å²) in [6.45, 7) is 4.01. The van der Waals surface area contributed by atoms with Crippen LogP contribution in [0.5, 0.6) is 0 Å². The fraction of sp³-hybridized carbons (Fsp3) is 0.900. The summed E-state index contributed by atoms with van der Waals surface area (Å²) < 4.78 is 5.28. The van der Waals surface area contributed by atoms with Gasteiger partial charge in [0.25, 0.3) is 0 Å². The first-order valence-corrected chi connectivity index (χ1v) is 4.78. The van der Waals surface area contributed by atoms with Crippen molar-refractivity contribution in [3.8, 4) is 6.07 Å². The van der Waals surface area contributed by atoms with Crippen LogP contribution in [0.15, 0.2) is 0 Å². The third kappa shape index (κ3) is 3.75. The molecule has 1 aliphatic carbocycles. The summed E-state index contributed by atoms with van der Waals surface area (Å²) in [5.74, 6) is 0. The molecule has 0 aromatic heterocycles. The van der Waals surface area contributed by atoms with Gasteiger partial charge in [0.05, 0.1) is 17.7 Å². The maximum absolute atomic E-state index is 8.89. The Morgan fingerprint density at radius 2 is 2.23 bits per heavy atom. The summed E-state index contributed by atoms with van der Waals surface area (Å²) in [5, 5.41) is 12.2. The lowest BCUT2D eigenvalue weighted by Crippen LogP contribution is -2.37. The zero-order chi connectivity index (χ0) is 9.90. The third-order valence-corrected chi connectivity index (χ3v) is 2.42. The average molecular weight is 182 g/mol. The van der Waals surface area contributed by atoms with Crippen LogP contribution in [0.3, 0.4) is 0 Å². The fourth-order valence-corrected chi connectivity index (χ4v) is 1.25. The molecule has 74 valence electrons. The van der Waals surface area contributed by atoms with E-state index in [0.29, 0.717) is 6.04 Å². The Morgan fingerprint density at radius 1 is 1.62 bits per heavy atom. The summed E-state index contributed by atoms with van der Waals surface area (Å²) in [5.41, 5.74) is -0.206. The minimum atomic E-state index is -0.206. The lowest BCUT2D eigenvalue weighted by atomic mass is 9.99. The molecule has 0 saturated heterocycles. The highest BCUT2D eigenvalue weighted by Gasteiger charge is 2.28. The van der Waals surface area contributed by atoms with Gasteiger partial charge in [0.15, 0.2) is 0 Å². The van der Waals surface area contributed by atoms with Crippen LogP contribution >= 0.6 is 0 Å². The van der Waals surface area contributed by atoms with Crippen molar-refractivity contribution in [2.24, 2.45) is 0 Å². The minimum absolute atomic E-state index is 0.0672. The molecular formula is C10H18N2O. The molecule has 1 atom stereocenters. The van der Waals surface area contributed by atoms with E-state index < -0.39 is 0 Å². The van der Waals surface area contributed by atoms with Crippen molar-refractivity contribution >= 4 is 0 Å². The molecule has 0 spiro atoms. The van der Waals surface area contributed by atoms with Crippen LogP contribution in [0.1, 0.15) is 33.1 Å². The number of nitrogens with one attached hydrogen (secondary N) is 1. The Balaban J connectivity index is 2.34. The Kier molecular flexibility index (Phi) is 3.29. The molecule has 13 heavy (non-hydrogen) atoms. The number of hydrogen-bond acceptors (Lipinski definition) is 3. The molecule has 0 bridgehead atoms. The first-order valence-electron chi connectivity index (χ1n) is 4.78. The van der Waals surface area contributed by atoms with Gasteiger partial charge in [-0.1, -0.05) is 0 Å². The number of methoxy groups -OCH3 is 1. The summed E-state index contributed by atoms with van der Waals surface area (Å²) in [7, 11) is 1.69. The zero-order valence-corrected chi connectivity index (χ0v) is 8.63. The smallest absolute Gasteiger partial charge is 0.0982 e. The standard InChI is InChI=1S/C10H18N2O/c1-10(2,13-3)6-9(7-11)12-8-4-5-8/h8-9,12H,4-6H2,1-3H3. The Bertz CT molecular complexity index is 203.